The van der Waals surface area contributed by atoms with Crippen molar-refractivity contribution in [2.24, 2.45) is 22.9 Å². The lowest BCUT2D eigenvalue weighted by atomic mass is 9.83. The van der Waals surface area contributed by atoms with Gasteiger partial charge in [0.2, 0.25) is 0 Å². The quantitative estimate of drug-likeness (QED) is 0.0644. The second kappa shape index (κ2) is 17.1. The van der Waals surface area contributed by atoms with Gasteiger partial charge in [-0.05, 0) is 6.42 Å². The van der Waals surface area contributed by atoms with Crippen LogP contribution in [-0.2, 0) is 18.9 Å². The Bertz CT molecular complexity index is 916. The Morgan fingerprint density at radius 2 is 1.51 bits per heavy atom. The summed E-state index contributed by atoms with van der Waals surface area (Å²) in [7, 11) is 0. The zero-order valence-corrected chi connectivity index (χ0v) is 24.5. The van der Waals surface area contributed by atoms with Gasteiger partial charge in [-0.2, -0.15) is 0 Å². The molecule has 21 nitrogen and oxygen atoms in total. The molecule has 0 radical (unpaired) electrons. The molecule has 2 amide bonds. The van der Waals surface area contributed by atoms with E-state index in [1.165, 1.54) is 0 Å². The number of rotatable bonds is 13. The summed E-state index contributed by atoms with van der Waals surface area (Å²) in [5, 5.41) is 98.1. The first kappa shape index (κ1) is 38.0. The molecule has 16 atom stereocenters. The lowest BCUT2D eigenvalue weighted by Crippen LogP contribution is -2.69. The number of carbonyl (C=O) groups is 1. The first-order chi connectivity index (χ1) is 21.2. The highest BCUT2D eigenvalue weighted by molar-refractivity contribution is 5.73. The maximum absolute atomic E-state index is 12.6. The van der Waals surface area contributed by atoms with Crippen LogP contribution in [0.25, 0.3) is 0 Å². The van der Waals surface area contributed by atoms with Gasteiger partial charge < -0.3 is 93.4 Å². The summed E-state index contributed by atoms with van der Waals surface area (Å²) in [6.07, 6.45) is -18.8. The van der Waals surface area contributed by atoms with Gasteiger partial charge in [0.1, 0.15) is 61.0 Å². The molecule has 2 heterocycles. The molecule has 264 valence electrons. The minimum atomic E-state index is -1.81. The van der Waals surface area contributed by atoms with Crippen molar-refractivity contribution in [3.05, 3.63) is 0 Å². The summed E-state index contributed by atoms with van der Waals surface area (Å²) in [5.41, 5.74) is 23.2. The van der Waals surface area contributed by atoms with Gasteiger partial charge in [-0.1, -0.05) is 0 Å². The number of hydrogen-bond acceptors (Lipinski definition) is 19. The smallest absolute Gasteiger partial charge is 0.341 e. The van der Waals surface area contributed by atoms with Crippen LogP contribution in [0, 0.1) is 0 Å². The summed E-state index contributed by atoms with van der Waals surface area (Å²) in [4.78, 5) is 12.6. The molecule has 45 heavy (non-hydrogen) atoms. The van der Waals surface area contributed by atoms with Crippen LogP contribution in [-0.4, -0.2) is 194 Å². The fraction of sp³-hybridized carbons (Fsp3) is 0.958. The molecule has 3 fully saturated rings. The van der Waals surface area contributed by atoms with Crippen molar-refractivity contribution in [2.75, 3.05) is 39.4 Å². The monoisotopic (exact) mass is 659 g/mol. The Morgan fingerprint density at radius 3 is 2.13 bits per heavy atom. The van der Waals surface area contributed by atoms with E-state index in [2.05, 4.69) is 10.6 Å². The predicted molar refractivity (Wildman–Crippen MR) is 149 cm³/mol. The van der Waals surface area contributed by atoms with E-state index in [1.54, 1.807) is 0 Å². The number of nitrogens with one attached hydrogen (secondary N) is 2. The average molecular weight is 660 g/mol. The first-order valence-electron chi connectivity index (χ1n) is 14.6. The second-order valence-electron chi connectivity index (χ2n) is 11.5. The molecule has 21 heteroatoms. The molecular weight excluding hydrogens is 610 g/mol. The number of aliphatic hydroxyl groups is 8. The van der Waals surface area contributed by atoms with E-state index in [-0.39, 0.29) is 44.3 Å². The molecule has 0 bridgehead atoms. The average Bonchev–Trinajstić information content (AvgIpc) is 3.01. The molecule has 19 N–H and O–H groups in total. The van der Waals surface area contributed by atoms with Crippen molar-refractivity contribution < 1.29 is 69.8 Å². The number of ether oxygens (including phenoxy) is 4. The molecule has 3 aliphatic rings. The highest BCUT2D eigenvalue weighted by Gasteiger charge is 2.52. The molecule has 3 rings (SSSR count). The summed E-state index contributed by atoms with van der Waals surface area (Å²) in [6, 6.07) is -5.24. The van der Waals surface area contributed by atoms with Crippen LogP contribution in [0.5, 0.6) is 0 Å². The van der Waals surface area contributed by atoms with Gasteiger partial charge in [-0.3, -0.25) is 5.21 Å². The molecular formula is C24H49N7O14. The van der Waals surface area contributed by atoms with E-state index < -0.39 is 110 Å². The van der Waals surface area contributed by atoms with Crippen LogP contribution in [0.4, 0.5) is 4.79 Å². The molecule has 2 saturated heterocycles. The number of carbonyl (C=O) groups excluding carboxylic acids is 1. The van der Waals surface area contributed by atoms with E-state index >= 15 is 0 Å². The number of nitrogens with zero attached hydrogens (tertiary/aromatic N) is 1. The van der Waals surface area contributed by atoms with E-state index in [4.69, 9.17) is 47.0 Å². The number of hydrogen-bond donors (Lipinski definition) is 15. The third-order valence-electron chi connectivity index (χ3n) is 8.08. The van der Waals surface area contributed by atoms with E-state index in [0.717, 1.165) is 0 Å². The minimum Gasteiger partial charge on any atom is -0.395 e. The number of hydroxylamine groups is 2. The molecule has 1 saturated carbocycles. The van der Waals surface area contributed by atoms with E-state index in [1.807, 2.05) is 0 Å². The third kappa shape index (κ3) is 9.13. The van der Waals surface area contributed by atoms with Crippen LogP contribution in [0.1, 0.15) is 6.42 Å². The predicted octanol–water partition coefficient (Wildman–Crippen LogP) is -8.94. The zero-order chi connectivity index (χ0) is 33.6. The Labute approximate surface area is 258 Å². The normalized spacial score (nSPS) is 43.1. The van der Waals surface area contributed by atoms with Gasteiger partial charge in [0.15, 0.2) is 12.6 Å². The van der Waals surface area contributed by atoms with E-state index in [9.17, 15) is 45.7 Å². The Hall–Kier alpha value is -1.45. The molecule has 1 aliphatic carbocycles. The van der Waals surface area contributed by atoms with Crippen LogP contribution in [0.3, 0.4) is 0 Å². The Morgan fingerprint density at radius 1 is 0.889 bits per heavy atom. The Kier molecular flexibility index (Phi) is 14.4. The maximum Gasteiger partial charge on any atom is 0.341 e. The van der Waals surface area contributed by atoms with Gasteiger partial charge in [-0.25, -0.2) is 9.86 Å². The number of nitrogens with two attached hydrogens (primary N) is 4. The van der Waals surface area contributed by atoms with Crippen LogP contribution in [0.2, 0.25) is 0 Å². The van der Waals surface area contributed by atoms with Crippen LogP contribution >= 0.6 is 0 Å². The summed E-state index contributed by atoms with van der Waals surface area (Å²) < 4.78 is 22.9. The zero-order valence-electron chi connectivity index (χ0n) is 24.5. The molecule has 0 spiro atoms. The topological polar surface area (TPSA) is 367 Å². The third-order valence-corrected chi connectivity index (χ3v) is 8.08. The first-order valence-corrected chi connectivity index (χ1v) is 14.6. The van der Waals surface area contributed by atoms with Crippen LogP contribution in [0.15, 0.2) is 0 Å². The van der Waals surface area contributed by atoms with Crippen LogP contribution < -0.4 is 33.6 Å². The molecule has 0 aromatic rings. The number of amides is 2. The molecule has 0 aromatic carbocycles. The van der Waals surface area contributed by atoms with Gasteiger partial charge in [-0.15, -0.1) is 0 Å². The Balaban J connectivity index is 1.82. The summed E-state index contributed by atoms with van der Waals surface area (Å²) in [6.45, 7) is -1.27. The van der Waals surface area contributed by atoms with Gasteiger partial charge >= 0.3 is 6.03 Å². The van der Waals surface area contributed by atoms with Gasteiger partial charge in [0.25, 0.3) is 0 Å². The highest BCUT2D eigenvalue weighted by Crippen LogP contribution is 2.32. The SMILES string of the molecule is NCCN(O)C(=O)N[C@@H]1C[C@H](N)[C@@H](O[C@H]2O[C@H](CNCC(N)CO)[C@@H](O)[C@H](O)[C@H]2O)[C@H](O)[C@H]1O[C@H]1O[C@H](CO)[C@@H](O)[C@H](N)[C@H]1O. The fourth-order valence-electron chi connectivity index (χ4n) is 5.41. The summed E-state index contributed by atoms with van der Waals surface area (Å²) >= 11 is 0. The number of aliphatic hydroxyl groups excluding tert-OH is 8. The van der Waals surface area contributed by atoms with Gasteiger partial charge in [0, 0.05) is 31.7 Å². The van der Waals surface area contributed by atoms with Crippen molar-refractivity contribution in [1.29, 1.82) is 0 Å². The molecule has 1 unspecified atom stereocenters. The highest BCUT2D eigenvalue weighted by atomic mass is 16.7. The standard InChI is InChI=1S/C24H49N7O14/c25-1-2-31(41)24(40)30-10-3-9(27)20(19(39)21(10)45-22-16(36)13(28)14(34)12(7-33)43-22)44-23-18(38)17(37)15(35)11(42-23)5-29-4-8(26)6-32/h8-23,29,32-39,41H,1-7,25-28H2,(H,30,40)/t8?,9-,10+,11+,12+,13-,14+,15+,16+,17-,18+,19-,20+,21-,22+,23+/m0/s1. The van der Waals surface area contributed by atoms with E-state index in [0.29, 0.717) is 0 Å². The number of urea groups is 1. The molecule has 0 aromatic heterocycles. The fourth-order valence-corrected chi connectivity index (χ4v) is 5.41. The van der Waals surface area contributed by atoms with Crippen molar-refractivity contribution in [1.82, 2.24) is 15.7 Å². The van der Waals surface area contributed by atoms with Gasteiger partial charge in [0.05, 0.1) is 31.8 Å². The summed E-state index contributed by atoms with van der Waals surface area (Å²) in [5.74, 6) is 0. The lowest BCUT2D eigenvalue weighted by molar-refractivity contribution is -0.333. The lowest BCUT2D eigenvalue weighted by Gasteiger charge is -2.49. The van der Waals surface area contributed by atoms with Crippen molar-refractivity contribution >= 4 is 6.03 Å². The molecule has 2 aliphatic heterocycles. The maximum atomic E-state index is 12.6. The largest absolute Gasteiger partial charge is 0.395 e. The van der Waals surface area contributed by atoms with Crippen molar-refractivity contribution in [3.63, 3.8) is 0 Å². The van der Waals surface area contributed by atoms with Crippen molar-refractivity contribution in [2.45, 2.75) is 104 Å². The minimum absolute atomic E-state index is 0.0763. The van der Waals surface area contributed by atoms with Crippen molar-refractivity contribution in [3.8, 4) is 0 Å². The second-order valence-corrected chi connectivity index (χ2v) is 11.5.